The van der Waals surface area contributed by atoms with E-state index in [1.54, 1.807) is 24.3 Å². The number of halogens is 3. The van der Waals surface area contributed by atoms with Crippen LogP contribution < -0.4 is 20.5 Å². The molecule has 2 aromatic rings. The second-order valence-electron chi connectivity index (χ2n) is 4.20. The summed E-state index contributed by atoms with van der Waals surface area (Å²) in [5.74, 6) is 0.239. The van der Waals surface area contributed by atoms with Crippen molar-refractivity contribution in [2.24, 2.45) is 0 Å². The molecule has 0 aliphatic rings. The van der Waals surface area contributed by atoms with Gasteiger partial charge in [-0.1, -0.05) is 6.07 Å². The van der Waals surface area contributed by atoms with Gasteiger partial charge in [0.1, 0.15) is 11.5 Å². The van der Waals surface area contributed by atoms with Crippen LogP contribution in [0, 0.1) is 0 Å². The summed E-state index contributed by atoms with van der Waals surface area (Å²) in [6.45, 7) is 0. The van der Waals surface area contributed by atoms with Gasteiger partial charge in [-0.2, -0.15) is 0 Å². The van der Waals surface area contributed by atoms with Crippen molar-refractivity contribution in [1.82, 2.24) is 0 Å². The molecule has 0 aromatic heterocycles. The van der Waals surface area contributed by atoms with Crippen molar-refractivity contribution in [3.63, 3.8) is 0 Å². The zero-order valence-corrected chi connectivity index (χ0v) is 11.1. The molecule has 7 heteroatoms. The summed E-state index contributed by atoms with van der Waals surface area (Å²) in [7, 11) is 1.50. The van der Waals surface area contributed by atoms with E-state index in [1.165, 1.54) is 25.3 Å². The molecule has 0 radical (unpaired) electrons. The standard InChI is InChI=1S/C14H13F3N2O2/c1-20-13-6-9(18)5-11(8-13)19-10-3-2-4-12(7-10)21-14(15,16)17/h2-8,19H,18H2,1H3. The third-order valence-electron chi connectivity index (χ3n) is 2.52. The van der Waals surface area contributed by atoms with Gasteiger partial charge in [0.2, 0.25) is 0 Å². The Morgan fingerprint density at radius 2 is 1.71 bits per heavy atom. The van der Waals surface area contributed by atoms with Crippen molar-refractivity contribution in [2.75, 3.05) is 18.2 Å². The summed E-state index contributed by atoms with van der Waals surface area (Å²) in [4.78, 5) is 0. The second-order valence-corrected chi connectivity index (χ2v) is 4.20. The van der Waals surface area contributed by atoms with E-state index in [4.69, 9.17) is 10.5 Å². The largest absolute Gasteiger partial charge is 0.573 e. The number of hydrogen-bond donors (Lipinski definition) is 2. The molecule has 2 rings (SSSR count). The summed E-state index contributed by atoms with van der Waals surface area (Å²) < 4.78 is 45.5. The van der Waals surface area contributed by atoms with Gasteiger partial charge in [-0.05, 0) is 18.2 Å². The molecule has 4 nitrogen and oxygen atoms in total. The molecule has 0 aliphatic heterocycles. The quantitative estimate of drug-likeness (QED) is 0.840. The summed E-state index contributed by atoms with van der Waals surface area (Å²) in [6.07, 6.45) is -4.72. The zero-order valence-electron chi connectivity index (χ0n) is 11.1. The van der Waals surface area contributed by atoms with Crippen LogP contribution in [-0.2, 0) is 0 Å². The summed E-state index contributed by atoms with van der Waals surface area (Å²) in [5.41, 5.74) is 7.21. The highest BCUT2D eigenvalue weighted by molar-refractivity contribution is 5.67. The van der Waals surface area contributed by atoms with Crippen LogP contribution in [0.25, 0.3) is 0 Å². The number of methoxy groups -OCH3 is 1. The van der Waals surface area contributed by atoms with Crippen molar-refractivity contribution >= 4 is 17.1 Å². The number of nitrogens with two attached hydrogens (primary N) is 1. The van der Waals surface area contributed by atoms with Crippen LogP contribution in [0.15, 0.2) is 42.5 Å². The Morgan fingerprint density at radius 1 is 1.00 bits per heavy atom. The Morgan fingerprint density at radius 3 is 2.38 bits per heavy atom. The minimum atomic E-state index is -4.72. The third-order valence-corrected chi connectivity index (χ3v) is 2.52. The lowest BCUT2D eigenvalue weighted by molar-refractivity contribution is -0.274. The fourth-order valence-electron chi connectivity index (χ4n) is 1.75. The summed E-state index contributed by atoms with van der Waals surface area (Å²) in [6, 6.07) is 10.5. The number of nitrogen functional groups attached to an aromatic ring is 1. The minimum absolute atomic E-state index is 0.302. The maximum atomic E-state index is 12.2. The minimum Gasteiger partial charge on any atom is -0.497 e. The van der Waals surface area contributed by atoms with Gasteiger partial charge in [-0.15, -0.1) is 13.2 Å². The molecule has 0 amide bonds. The maximum absolute atomic E-state index is 12.2. The molecular weight excluding hydrogens is 285 g/mol. The van der Waals surface area contributed by atoms with Gasteiger partial charge >= 0.3 is 6.36 Å². The van der Waals surface area contributed by atoms with E-state index in [0.29, 0.717) is 22.8 Å². The van der Waals surface area contributed by atoms with Gasteiger partial charge in [0.15, 0.2) is 0 Å². The van der Waals surface area contributed by atoms with Crippen molar-refractivity contribution in [3.05, 3.63) is 42.5 Å². The monoisotopic (exact) mass is 298 g/mol. The SMILES string of the molecule is COc1cc(N)cc(Nc2cccc(OC(F)(F)F)c2)c1. The molecule has 0 heterocycles. The van der Waals surface area contributed by atoms with E-state index in [1.807, 2.05) is 0 Å². The van der Waals surface area contributed by atoms with E-state index in [9.17, 15) is 13.2 Å². The molecule has 3 N–H and O–H groups in total. The highest BCUT2D eigenvalue weighted by atomic mass is 19.4. The number of alkyl halides is 3. The molecule has 0 bridgehead atoms. The number of benzene rings is 2. The summed E-state index contributed by atoms with van der Waals surface area (Å²) >= 11 is 0. The van der Waals surface area contributed by atoms with E-state index < -0.39 is 6.36 Å². The third kappa shape index (κ3) is 4.48. The molecule has 0 saturated carbocycles. The van der Waals surface area contributed by atoms with E-state index >= 15 is 0 Å². The predicted molar refractivity (Wildman–Crippen MR) is 73.8 cm³/mol. The first-order valence-electron chi connectivity index (χ1n) is 5.93. The molecule has 0 fully saturated rings. The summed E-state index contributed by atoms with van der Waals surface area (Å²) in [5, 5.41) is 2.94. The highest BCUT2D eigenvalue weighted by Gasteiger charge is 2.31. The highest BCUT2D eigenvalue weighted by Crippen LogP contribution is 2.28. The van der Waals surface area contributed by atoms with Gasteiger partial charge < -0.3 is 20.5 Å². The molecule has 0 saturated heterocycles. The maximum Gasteiger partial charge on any atom is 0.573 e. The van der Waals surface area contributed by atoms with Crippen LogP contribution in [0.4, 0.5) is 30.2 Å². The fourth-order valence-corrected chi connectivity index (χ4v) is 1.75. The Balaban J connectivity index is 2.20. The fraction of sp³-hybridized carbons (Fsp3) is 0.143. The van der Waals surface area contributed by atoms with Gasteiger partial charge in [0.05, 0.1) is 7.11 Å². The van der Waals surface area contributed by atoms with Crippen molar-refractivity contribution in [3.8, 4) is 11.5 Å². The Hall–Kier alpha value is -2.57. The number of nitrogens with one attached hydrogen (secondary N) is 1. The van der Waals surface area contributed by atoms with Gasteiger partial charge in [-0.3, -0.25) is 0 Å². The van der Waals surface area contributed by atoms with Crippen LogP contribution in [0.1, 0.15) is 0 Å². The molecule has 21 heavy (non-hydrogen) atoms. The van der Waals surface area contributed by atoms with Crippen LogP contribution in [0.2, 0.25) is 0 Å². The lowest BCUT2D eigenvalue weighted by atomic mass is 10.2. The van der Waals surface area contributed by atoms with E-state index in [-0.39, 0.29) is 5.75 Å². The molecule has 0 spiro atoms. The lowest BCUT2D eigenvalue weighted by Crippen LogP contribution is -2.17. The van der Waals surface area contributed by atoms with Crippen LogP contribution in [0.3, 0.4) is 0 Å². The molecule has 2 aromatic carbocycles. The van der Waals surface area contributed by atoms with Crippen molar-refractivity contribution in [1.29, 1.82) is 0 Å². The topological polar surface area (TPSA) is 56.5 Å². The van der Waals surface area contributed by atoms with Gasteiger partial charge in [0.25, 0.3) is 0 Å². The smallest absolute Gasteiger partial charge is 0.497 e. The molecule has 0 atom stereocenters. The molecular formula is C14H13F3N2O2. The van der Waals surface area contributed by atoms with Gasteiger partial charge in [0, 0.05) is 35.3 Å². The van der Waals surface area contributed by atoms with Gasteiger partial charge in [-0.25, -0.2) is 0 Å². The van der Waals surface area contributed by atoms with Crippen LogP contribution >= 0.6 is 0 Å². The number of rotatable bonds is 4. The Bertz CT molecular complexity index is 630. The predicted octanol–water partition coefficient (Wildman–Crippen LogP) is 3.92. The Labute approximate surface area is 119 Å². The average molecular weight is 298 g/mol. The van der Waals surface area contributed by atoms with E-state index in [0.717, 1.165) is 0 Å². The first kappa shape index (κ1) is 14.8. The number of hydrogen-bond acceptors (Lipinski definition) is 4. The lowest BCUT2D eigenvalue weighted by Gasteiger charge is -2.12. The first-order valence-corrected chi connectivity index (χ1v) is 5.93. The van der Waals surface area contributed by atoms with Crippen LogP contribution in [-0.4, -0.2) is 13.5 Å². The second kappa shape index (κ2) is 5.82. The van der Waals surface area contributed by atoms with Crippen molar-refractivity contribution < 1.29 is 22.6 Å². The molecule has 0 unspecified atom stereocenters. The molecule has 112 valence electrons. The Kier molecular flexibility index (Phi) is 4.11. The number of anilines is 3. The number of ether oxygens (including phenoxy) is 2. The van der Waals surface area contributed by atoms with Crippen molar-refractivity contribution in [2.45, 2.75) is 6.36 Å². The van der Waals surface area contributed by atoms with E-state index in [2.05, 4.69) is 10.1 Å². The zero-order chi connectivity index (χ0) is 15.5. The normalized spacial score (nSPS) is 11.0. The average Bonchev–Trinajstić information content (AvgIpc) is 2.36. The van der Waals surface area contributed by atoms with Crippen LogP contribution in [0.5, 0.6) is 11.5 Å². The molecule has 0 aliphatic carbocycles. The first-order chi connectivity index (χ1) is 9.85.